The molecule has 108 valence electrons. The molecule has 0 spiro atoms. The summed E-state index contributed by atoms with van der Waals surface area (Å²) in [5.41, 5.74) is 4.50. The van der Waals surface area contributed by atoms with Crippen LogP contribution in [-0.2, 0) is 0 Å². The van der Waals surface area contributed by atoms with Crippen LogP contribution in [0.4, 0.5) is 10.1 Å². The number of pyridine rings is 1. The Morgan fingerprint density at radius 3 is 2.71 bits per heavy atom. The third kappa shape index (κ3) is 3.31. The molecule has 1 heterocycles. The van der Waals surface area contributed by atoms with Crippen molar-refractivity contribution >= 4 is 27.5 Å². The van der Waals surface area contributed by atoms with Crippen molar-refractivity contribution in [3.05, 3.63) is 56.4 Å². The number of hydrogen-bond acceptors (Lipinski definition) is 5. The second kappa shape index (κ2) is 5.83. The molecule has 0 aliphatic heterocycles. The van der Waals surface area contributed by atoms with Crippen LogP contribution in [0.15, 0.2) is 34.9 Å². The Balaban J connectivity index is 2.41. The van der Waals surface area contributed by atoms with Gasteiger partial charge in [-0.3, -0.25) is 14.9 Å². The summed E-state index contributed by atoms with van der Waals surface area (Å²) in [6, 6.07) is 4.75. The van der Waals surface area contributed by atoms with Crippen LogP contribution in [0.1, 0.15) is 10.4 Å². The SMILES string of the molecule is NC(=O)c1cc([N+](=O)[O-])cnc1Oc1ccc(F)c(Br)c1. The van der Waals surface area contributed by atoms with Gasteiger partial charge in [-0.2, -0.15) is 0 Å². The van der Waals surface area contributed by atoms with Crippen LogP contribution >= 0.6 is 15.9 Å². The molecular formula is C12H7BrFN3O4. The lowest BCUT2D eigenvalue weighted by Crippen LogP contribution is -2.13. The largest absolute Gasteiger partial charge is 0.438 e. The van der Waals surface area contributed by atoms with E-state index >= 15 is 0 Å². The normalized spacial score (nSPS) is 10.2. The van der Waals surface area contributed by atoms with E-state index in [9.17, 15) is 19.3 Å². The number of carbonyl (C=O) groups is 1. The highest BCUT2D eigenvalue weighted by atomic mass is 79.9. The summed E-state index contributed by atoms with van der Waals surface area (Å²) in [7, 11) is 0. The summed E-state index contributed by atoms with van der Waals surface area (Å²) in [6.45, 7) is 0. The highest BCUT2D eigenvalue weighted by Gasteiger charge is 2.18. The van der Waals surface area contributed by atoms with E-state index in [1.165, 1.54) is 12.1 Å². The second-order valence-corrected chi connectivity index (χ2v) is 4.70. The fourth-order valence-corrected chi connectivity index (χ4v) is 1.81. The molecule has 1 amide bonds. The Morgan fingerprint density at radius 2 is 2.14 bits per heavy atom. The third-order valence-corrected chi connectivity index (χ3v) is 3.03. The topological polar surface area (TPSA) is 108 Å². The minimum Gasteiger partial charge on any atom is -0.438 e. The maximum absolute atomic E-state index is 13.1. The van der Waals surface area contributed by atoms with Crippen LogP contribution in [0.2, 0.25) is 0 Å². The first kappa shape index (κ1) is 14.9. The molecule has 21 heavy (non-hydrogen) atoms. The van der Waals surface area contributed by atoms with Crippen molar-refractivity contribution in [1.29, 1.82) is 0 Å². The van der Waals surface area contributed by atoms with Crippen molar-refractivity contribution in [2.75, 3.05) is 0 Å². The van der Waals surface area contributed by atoms with E-state index < -0.39 is 22.3 Å². The van der Waals surface area contributed by atoms with Gasteiger partial charge in [-0.15, -0.1) is 0 Å². The van der Waals surface area contributed by atoms with Crippen molar-refractivity contribution in [3.8, 4) is 11.6 Å². The molecule has 2 rings (SSSR count). The number of nitrogens with two attached hydrogens (primary N) is 1. The van der Waals surface area contributed by atoms with Crippen molar-refractivity contribution in [2.24, 2.45) is 5.73 Å². The molecule has 0 unspecified atom stereocenters. The number of nitro groups is 1. The van der Waals surface area contributed by atoms with E-state index in [-0.39, 0.29) is 21.7 Å². The molecule has 2 N–H and O–H groups in total. The lowest BCUT2D eigenvalue weighted by atomic mass is 10.2. The van der Waals surface area contributed by atoms with Crippen LogP contribution in [0.3, 0.4) is 0 Å². The van der Waals surface area contributed by atoms with Crippen LogP contribution in [0, 0.1) is 15.9 Å². The molecule has 7 nitrogen and oxygen atoms in total. The summed E-state index contributed by atoms with van der Waals surface area (Å²) in [5, 5.41) is 10.7. The quantitative estimate of drug-likeness (QED) is 0.669. The van der Waals surface area contributed by atoms with Gasteiger partial charge in [0.05, 0.1) is 9.40 Å². The second-order valence-electron chi connectivity index (χ2n) is 3.85. The molecule has 0 bridgehead atoms. The summed E-state index contributed by atoms with van der Waals surface area (Å²) in [4.78, 5) is 25.0. The van der Waals surface area contributed by atoms with Gasteiger partial charge in [-0.05, 0) is 34.1 Å². The molecule has 2 aromatic rings. The number of halogens is 2. The van der Waals surface area contributed by atoms with Crippen molar-refractivity contribution in [1.82, 2.24) is 4.98 Å². The van der Waals surface area contributed by atoms with Gasteiger partial charge in [-0.1, -0.05) is 0 Å². The summed E-state index contributed by atoms with van der Waals surface area (Å²) in [6.07, 6.45) is 0.931. The highest BCUT2D eigenvalue weighted by Crippen LogP contribution is 2.28. The molecule has 0 atom stereocenters. The van der Waals surface area contributed by atoms with Gasteiger partial charge in [0, 0.05) is 6.07 Å². The van der Waals surface area contributed by atoms with E-state index in [1.807, 2.05) is 0 Å². The van der Waals surface area contributed by atoms with E-state index in [0.717, 1.165) is 18.3 Å². The molecule has 0 saturated heterocycles. The molecule has 0 radical (unpaired) electrons. The molecular weight excluding hydrogens is 349 g/mol. The van der Waals surface area contributed by atoms with Gasteiger partial charge in [0.2, 0.25) is 5.88 Å². The summed E-state index contributed by atoms with van der Waals surface area (Å²) >= 11 is 2.98. The lowest BCUT2D eigenvalue weighted by molar-refractivity contribution is -0.385. The fraction of sp³-hybridized carbons (Fsp3) is 0. The number of ether oxygens (including phenoxy) is 1. The predicted octanol–water partition coefficient (Wildman–Crippen LogP) is 2.78. The maximum Gasteiger partial charge on any atom is 0.288 e. The van der Waals surface area contributed by atoms with E-state index in [2.05, 4.69) is 20.9 Å². The van der Waals surface area contributed by atoms with Crippen LogP contribution in [-0.4, -0.2) is 15.8 Å². The smallest absolute Gasteiger partial charge is 0.288 e. The number of benzene rings is 1. The van der Waals surface area contributed by atoms with Crippen LogP contribution < -0.4 is 10.5 Å². The minimum atomic E-state index is -0.928. The Bertz CT molecular complexity index is 738. The van der Waals surface area contributed by atoms with Gasteiger partial charge in [0.25, 0.3) is 11.6 Å². The first-order valence-electron chi connectivity index (χ1n) is 5.45. The minimum absolute atomic E-state index is 0.155. The summed E-state index contributed by atoms with van der Waals surface area (Å²) in [5.74, 6) is -1.43. The Hall–Kier alpha value is -2.55. The third-order valence-electron chi connectivity index (χ3n) is 2.42. The fourth-order valence-electron chi connectivity index (χ4n) is 1.45. The van der Waals surface area contributed by atoms with E-state index in [4.69, 9.17) is 10.5 Å². The van der Waals surface area contributed by atoms with Gasteiger partial charge in [0.15, 0.2) is 0 Å². The standard InChI is InChI=1S/C12H7BrFN3O4/c13-9-4-7(1-2-10(9)14)21-12-8(11(15)18)3-6(5-16-12)17(19)20/h1-5H,(H2,15,18). The number of rotatable bonds is 4. The van der Waals surface area contributed by atoms with Crippen molar-refractivity contribution < 1.29 is 18.8 Å². The number of carbonyl (C=O) groups excluding carboxylic acids is 1. The zero-order valence-corrected chi connectivity index (χ0v) is 11.8. The molecule has 1 aromatic carbocycles. The van der Waals surface area contributed by atoms with Gasteiger partial charge in [-0.25, -0.2) is 9.37 Å². The Kier molecular flexibility index (Phi) is 4.13. The zero-order chi connectivity index (χ0) is 15.6. The highest BCUT2D eigenvalue weighted by molar-refractivity contribution is 9.10. The number of aromatic nitrogens is 1. The first-order valence-corrected chi connectivity index (χ1v) is 6.25. The lowest BCUT2D eigenvalue weighted by Gasteiger charge is -2.08. The van der Waals surface area contributed by atoms with E-state index in [1.54, 1.807) is 0 Å². The van der Waals surface area contributed by atoms with Crippen molar-refractivity contribution in [2.45, 2.75) is 0 Å². The number of amides is 1. The Morgan fingerprint density at radius 1 is 1.43 bits per heavy atom. The average Bonchev–Trinajstić information content (AvgIpc) is 2.43. The zero-order valence-electron chi connectivity index (χ0n) is 10.2. The van der Waals surface area contributed by atoms with Crippen LogP contribution in [0.25, 0.3) is 0 Å². The van der Waals surface area contributed by atoms with Gasteiger partial charge >= 0.3 is 0 Å². The predicted molar refractivity (Wildman–Crippen MR) is 73.6 cm³/mol. The monoisotopic (exact) mass is 355 g/mol. The molecule has 0 aliphatic rings. The molecule has 1 aromatic heterocycles. The Labute approximate surface area is 125 Å². The van der Waals surface area contributed by atoms with Gasteiger partial charge in [0.1, 0.15) is 23.3 Å². The van der Waals surface area contributed by atoms with Crippen LogP contribution in [0.5, 0.6) is 11.6 Å². The number of hydrogen-bond donors (Lipinski definition) is 1. The number of nitrogens with zero attached hydrogens (tertiary/aromatic N) is 2. The average molecular weight is 356 g/mol. The van der Waals surface area contributed by atoms with Gasteiger partial charge < -0.3 is 10.5 Å². The first-order chi connectivity index (χ1) is 9.88. The summed E-state index contributed by atoms with van der Waals surface area (Å²) < 4.78 is 18.6. The van der Waals surface area contributed by atoms with E-state index in [0.29, 0.717) is 0 Å². The number of primary amides is 1. The maximum atomic E-state index is 13.1. The molecule has 9 heteroatoms. The molecule has 0 fully saturated rings. The molecule has 0 aliphatic carbocycles. The van der Waals surface area contributed by atoms with Crippen molar-refractivity contribution in [3.63, 3.8) is 0 Å². The molecule has 0 saturated carbocycles.